The second-order valence-corrected chi connectivity index (χ2v) is 3.56. The van der Waals surface area contributed by atoms with Crippen LogP contribution in [-0.2, 0) is 16.1 Å². The van der Waals surface area contributed by atoms with E-state index in [1.54, 1.807) is 12.1 Å². The SMILES string of the molecule is CO/N=C/c1cc2c(cc1Cl)COB2O. The number of oxime groups is 1. The summed E-state index contributed by atoms with van der Waals surface area (Å²) in [6.45, 7) is 0.387. The Morgan fingerprint density at radius 2 is 2.47 bits per heavy atom. The number of hydrogen-bond donors (Lipinski definition) is 1. The first-order valence-corrected chi connectivity index (χ1v) is 4.78. The minimum atomic E-state index is -0.869. The fourth-order valence-corrected chi connectivity index (χ4v) is 1.71. The molecule has 1 heterocycles. The molecule has 1 aliphatic rings. The van der Waals surface area contributed by atoms with Gasteiger partial charge in [0, 0.05) is 10.6 Å². The molecule has 1 N–H and O–H groups in total. The van der Waals surface area contributed by atoms with Gasteiger partial charge in [0.2, 0.25) is 0 Å². The molecule has 0 fully saturated rings. The predicted octanol–water partition coefficient (Wildman–Crippen LogP) is 0.538. The summed E-state index contributed by atoms with van der Waals surface area (Å²) >= 11 is 6.01. The van der Waals surface area contributed by atoms with Crippen molar-refractivity contribution < 1.29 is 14.5 Å². The third-order valence-electron chi connectivity index (χ3n) is 2.22. The van der Waals surface area contributed by atoms with E-state index < -0.39 is 7.12 Å². The largest absolute Gasteiger partial charge is 0.491 e. The summed E-state index contributed by atoms with van der Waals surface area (Å²) in [5.74, 6) is 0. The number of hydrogen-bond acceptors (Lipinski definition) is 4. The fraction of sp³-hybridized carbons (Fsp3) is 0.222. The quantitative estimate of drug-likeness (QED) is 0.454. The third kappa shape index (κ3) is 1.99. The van der Waals surface area contributed by atoms with Gasteiger partial charge in [-0.25, -0.2) is 0 Å². The van der Waals surface area contributed by atoms with Crippen LogP contribution in [0.5, 0.6) is 0 Å². The summed E-state index contributed by atoms with van der Waals surface area (Å²) in [6, 6.07) is 3.52. The topological polar surface area (TPSA) is 51.0 Å². The van der Waals surface area contributed by atoms with Gasteiger partial charge in [0.15, 0.2) is 0 Å². The molecule has 4 nitrogen and oxygen atoms in total. The molecular weight excluding hydrogens is 216 g/mol. The molecule has 0 aromatic heterocycles. The van der Waals surface area contributed by atoms with E-state index in [9.17, 15) is 5.02 Å². The van der Waals surface area contributed by atoms with Crippen LogP contribution in [-0.4, -0.2) is 25.5 Å². The molecule has 0 amide bonds. The van der Waals surface area contributed by atoms with Crippen molar-refractivity contribution in [3.63, 3.8) is 0 Å². The average molecular weight is 225 g/mol. The molecule has 1 aromatic carbocycles. The van der Waals surface area contributed by atoms with E-state index in [0.29, 0.717) is 17.2 Å². The summed E-state index contributed by atoms with van der Waals surface area (Å²) in [4.78, 5) is 4.56. The molecular formula is C9H9BClNO3. The molecule has 0 saturated heterocycles. The summed E-state index contributed by atoms with van der Waals surface area (Å²) in [7, 11) is 0.586. The van der Waals surface area contributed by atoms with Crippen LogP contribution in [0.1, 0.15) is 11.1 Å². The van der Waals surface area contributed by atoms with E-state index in [-0.39, 0.29) is 0 Å². The van der Waals surface area contributed by atoms with Gasteiger partial charge in [0.25, 0.3) is 0 Å². The number of nitrogens with zero attached hydrogens (tertiary/aromatic N) is 1. The van der Waals surface area contributed by atoms with Gasteiger partial charge in [-0.3, -0.25) is 0 Å². The van der Waals surface area contributed by atoms with E-state index in [1.807, 2.05) is 0 Å². The van der Waals surface area contributed by atoms with Crippen molar-refractivity contribution in [2.75, 3.05) is 7.11 Å². The van der Waals surface area contributed by atoms with Crippen LogP contribution in [0.3, 0.4) is 0 Å². The summed E-state index contributed by atoms with van der Waals surface area (Å²) in [5, 5.41) is 13.7. The van der Waals surface area contributed by atoms with E-state index in [2.05, 4.69) is 9.99 Å². The van der Waals surface area contributed by atoms with Gasteiger partial charge in [-0.1, -0.05) is 22.8 Å². The molecule has 0 radical (unpaired) electrons. The molecule has 0 spiro atoms. The maximum absolute atomic E-state index is 9.48. The first kappa shape index (κ1) is 10.5. The minimum Gasteiger partial charge on any atom is -0.423 e. The lowest BCUT2D eigenvalue weighted by Gasteiger charge is -2.02. The molecule has 0 unspecified atom stereocenters. The van der Waals surface area contributed by atoms with E-state index in [4.69, 9.17) is 16.3 Å². The lowest BCUT2D eigenvalue weighted by atomic mass is 9.79. The van der Waals surface area contributed by atoms with Crippen molar-refractivity contribution in [3.05, 3.63) is 28.3 Å². The monoisotopic (exact) mass is 225 g/mol. The second-order valence-electron chi connectivity index (χ2n) is 3.15. The Morgan fingerprint density at radius 3 is 3.20 bits per heavy atom. The fourth-order valence-electron chi connectivity index (χ4n) is 1.47. The highest BCUT2D eigenvalue weighted by molar-refractivity contribution is 6.61. The lowest BCUT2D eigenvalue weighted by molar-refractivity contribution is 0.215. The highest BCUT2D eigenvalue weighted by atomic mass is 35.5. The van der Waals surface area contributed by atoms with Crippen molar-refractivity contribution in [1.29, 1.82) is 0 Å². The van der Waals surface area contributed by atoms with E-state index in [1.165, 1.54) is 13.3 Å². The van der Waals surface area contributed by atoms with Crippen molar-refractivity contribution >= 4 is 30.4 Å². The van der Waals surface area contributed by atoms with Gasteiger partial charge in [-0.2, -0.15) is 0 Å². The van der Waals surface area contributed by atoms with Crippen LogP contribution in [0.4, 0.5) is 0 Å². The normalized spacial score (nSPS) is 14.7. The summed E-state index contributed by atoms with van der Waals surface area (Å²) in [6.07, 6.45) is 1.49. The smallest absolute Gasteiger partial charge is 0.423 e. The number of fused-ring (bicyclic) bond motifs is 1. The van der Waals surface area contributed by atoms with Gasteiger partial charge in [-0.15, -0.1) is 0 Å². The maximum atomic E-state index is 9.48. The Kier molecular flexibility index (Phi) is 2.95. The summed E-state index contributed by atoms with van der Waals surface area (Å²) < 4.78 is 5.06. The van der Waals surface area contributed by atoms with Gasteiger partial charge in [-0.05, 0) is 17.1 Å². The van der Waals surface area contributed by atoms with Crippen LogP contribution >= 0.6 is 11.6 Å². The van der Waals surface area contributed by atoms with Crippen molar-refractivity contribution in [2.45, 2.75) is 6.61 Å². The van der Waals surface area contributed by atoms with E-state index >= 15 is 0 Å². The number of rotatable bonds is 2. The van der Waals surface area contributed by atoms with Gasteiger partial charge in [0.1, 0.15) is 7.11 Å². The zero-order chi connectivity index (χ0) is 10.8. The van der Waals surface area contributed by atoms with Crippen molar-refractivity contribution in [1.82, 2.24) is 0 Å². The highest BCUT2D eigenvalue weighted by Crippen LogP contribution is 2.19. The zero-order valence-electron chi connectivity index (χ0n) is 8.11. The van der Waals surface area contributed by atoms with Crippen LogP contribution in [0.15, 0.2) is 17.3 Å². The molecule has 0 atom stereocenters. The van der Waals surface area contributed by atoms with Crippen molar-refractivity contribution in [2.24, 2.45) is 5.16 Å². The average Bonchev–Trinajstić information content (AvgIpc) is 2.57. The number of benzene rings is 1. The lowest BCUT2D eigenvalue weighted by Crippen LogP contribution is -2.28. The maximum Gasteiger partial charge on any atom is 0.491 e. The zero-order valence-corrected chi connectivity index (χ0v) is 8.86. The molecule has 0 bridgehead atoms. The van der Waals surface area contributed by atoms with Crippen LogP contribution in [0.25, 0.3) is 0 Å². The van der Waals surface area contributed by atoms with Crippen molar-refractivity contribution in [3.8, 4) is 0 Å². The van der Waals surface area contributed by atoms with Gasteiger partial charge >= 0.3 is 7.12 Å². The molecule has 6 heteroatoms. The second kappa shape index (κ2) is 4.22. The van der Waals surface area contributed by atoms with Gasteiger partial charge in [0.05, 0.1) is 12.8 Å². The highest BCUT2D eigenvalue weighted by Gasteiger charge is 2.28. The Morgan fingerprint density at radius 1 is 1.67 bits per heavy atom. The van der Waals surface area contributed by atoms with E-state index in [0.717, 1.165) is 11.0 Å². The molecule has 2 rings (SSSR count). The molecule has 1 aromatic rings. The summed E-state index contributed by atoms with van der Waals surface area (Å²) in [5.41, 5.74) is 2.33. The van der Waals surface area contributed by atoms with Crippen LogP contribution in [0, 0.1) is 0 Å². The minimum absolute atomic E-state index is 0.387. The molecule has 15 heavy (non-hydrogen) atoms. The Bertz CT molecular complexity index is 411. The third-order valence-corrected chi connectivity index (χ3v) is 2.55. The Hall–Kier alpha value is -1.04. The Labute approximate surface area is 92.6 Å². The van der Waals surface area contributed by atoms with Gasteiger partial charge < -0.3 is 14.5 Å². The standard InChI is InChI=1S/C9H9BClNO3/c1-14-12-4-6-2-8-7(3-9(6)11)5-15-10(8)13/h2-4,13H,5H2,1H3/b12-4+. The predicted molar refractivity (Wildman–Crippen MR) is 58.5 cm³/mol. The Balaban J connectivity index is 2.41. The number of halogens is 1. The molecule has 78 valence electrons. The molecule has 1 aliphatic heterocycles. The molecule has 0 aliphatic carbocycles. The van der Waals surface area contributed by atoms with Crippen LogP contribution < -0.4 is 5.46 Å². The first-order valence-electron chi connectivity index (χ1n) is 4.41. The first-order chi connectivity index (χ1) is 7.22. The van der Waals surface area contributed by atoms with Crippen LogP contribution in [0.2, 0.25) is 5.02 Å². The molecule has 0 saturated carbocycles.